The van der Waals surface area contributed by atoms with Gasteiger partial charge in [0.05, 0.1) is 24.4 Å². The minimum Gasteiger partial charge on any atom is -0.494 e. The SMILES string of the molecule is CCOc1ccc(/C=C(\C#N)c2ccc(-c3cn(C(C)C(=O)N(C)c4ccccc4)nn3)cc2)cc1. The maximum absolute atomic E-state index is 12.9. The van der Waals surface area contributed by atoms with Gasteiger partial charge in [-0.15, -0.1) is 5.10 Å². The number of carbonyl (C=O) groups is 1. The highest BCUT2D eigenvalue weighted by Crippen LogP contribution is 2.24. The van der Waals surface area contributed by atoms with Gasteiger partial charge in [0.1, 0.15) is 17.5 Å². The van der Waals surface area contributed by atoms with Gasteiger partial charge in [0.2, 0.25) is 0 Å². The third-order valence-electron chi connectivity index (χ3n) is 5.85. The van der Waals surface area contributed by atoms with Gasteiger partial charge in [-0.25, -0.2) is 4.68 Å². The number of nitrogens with zero attached hydrogens (tertiary/aromatic N) is 5. The standard InChI is InChI=1S/C29H27N5O2/c1-4-36-27-16-10-22(11-17-27)18-25(19-30)23-12-14-24(15-13-23)28-20-34(32-31-28)21(2)29(35)33(3)26-8-6-5-7-9-26/h5-18,20-21H,4H2,1-3H3/b25-18+. The molecule has 0 saturated heterocycles. The van der Waals surface area contributed by atoms with Gasteiger partial charge < -0.3 is 9.64 Å². The molecule has 0 spiro atoms. The molecular weight excluding hydrogens is 450 g/mol. The first-order chi connectivity index (χ1) is 17.5. The van der Waals surface area contributed by atoms with Gasteiger partial charge in [0.15, 0.2) is 0 Å². The Kier molecular flexibility index (Phi) is 7.57. The molecule has 1 aromatic heterocycles. The lowest BCUT2D eigenvalue weighted by atomic mass is 10.0. The lowest BCUT2D eigenvalue weighted by molar-refractivity contribution is -0.121. The monoisotopic (exact) mass is 477 g/mol. The fourth-order valence-corrected chi connectivity index (χ4v) is 3.76. The van der Waals surface area contributed by atoms with E-state index in [1.165, 1.54) is 0 Å². The highest BCUT2D eigenvalue weighted by Gasteiger charge is 2.22. The van der Waals surface area contributed by atoms with E-state index in [0.29, 0.717) is 17.9 Å². The summed E-state index contributed by atoms with van der Waals surface area (Å²) in [6.45, 7) is 4.35. The Balaban J connectivity index is 1.48. The number of carbonyl (C=O) groups excluding carboxylic acids is 1. The van der Waals surface area contributed by atoms with E-state index in [2.05, 4.69) is 16.4 Å². The van der Waals surface area contributed by atoms with Gasteiger partial charge >= 0.3 is 0 Å². The Bertz CT molecular complexity index is 1380. The molecule has 0 bridgehead atoms. The Labute approximate surface area is 210 Å². The van der Waals surface area contributed by atoms with Gasteiger partial charge in [0.25, 0.3) is 5.91 Å². The minimum atomic E-state index is -0.516. The Morgan fingerprint density at radius 2 is 1.78 bits per heavy atom. The van der Waals surface area contributed by atoms with E-state index in [0.717, 1.165) is 28.1 Å². The van der Waals surface area contributed by atoms with Crippen LogP contribution in [0.1, 0.15) is 31.0 Å². The van der Waals surface area contributed by atoms with Crippen molar-refractivity contribution in [2.24, 2.45) is 0 Å². The molecule has 4 rings (SSSR count). The summed E-state index contributed by atoms with van der Waals surface area (Å²) >= 11 is 0. The fourth-order valence-electron chi connectivity index (χ4n) is 3.76. The van der Waals surface area contributed by atoms with Crippen LogP contribution in [-0.2, 0) is 4.79 Å². The number of likely N-dealkylation sites (N-methyl/N-ethyl adjacent to an activating group) is 1. The number of allylic oxidation sites excluding steroid dienone is 1. The highest BCUT2D eigenvalue weighted by atomic mass is 16.5. The first-order valence-electron chi connectivity index (χ1n) is 11.7. The summed E-state index contributed by atoms with van der Waals surface area (Å²) in [5.41, 5.74) is 4.59. The largest absolute Gasteiger partial charge is 0.494 e. The van der Waals surface area contributed by atoms with Crippen molar-refractivity contribution in [1.82, 2.24) is 15.0 Å². The molecule has 1 amide bonds. The van der Waals surface area contributed by atoms with Gasteiger partial charge in [0, 0.05) is 18.3 Å². The summed E-state index contributed by atoms with van der Waals surface area (Å²) in [4.78, 5) is 14.5. The van der Waals surface area contributed by atoms with E-state index < -0.39 is 6.04 Å². The zero-order valence-electron chi connectivity index (χ0n) is 20.5. The van der Waals surface area contributed by atoms with E-state index in [1.54, 1.807) is 29.7 Å². The van der Waals surface area contributed by atoms with Crippen molar-refractivity contribution in [1.29, 1.82) is 5.26 Å². The number of aromatic nitrogens is 3. The quantitative estimate of drug-likeness (QED) is 0.242. The second-order valence-electron chi connectivity index (χ2n) is 8.24. The van der Waals surface area contributed by atoms with E-state index in [-0.39, 0.29) is 5.91 Å². The number of benzene rings is 3. The van der Waals surface area contributed by atoms with Crippen LogP contribution in [0.3, 0.4) is 0 Å². The van der Waals surface area contributed by atoms with Crippen LogP contribution in [0, 0.1) is 11.3 Å². The molecule has 7 heteroatoms. The average molecular weight is 478 g/mol. The number of nitriles is 1. The third kappa shape index (κ3) is 5.50. The molecule has 0 radical (unpaired) electrons. The number of hydrogen-bond donors (Lipinski definition) is 0. The Hall–Kier alpha value is -4.70. The maximum Gasteiger partial charge on any atom is 0.251 e. The molecule has 4 aromatic rings. The Morgan fingerprint density at radius 3 is 2.42 bits per heavy atom. The molecule has 180 valence electrons. The summed E-state index contributed by atoms with van der Waals surface area (Å²) in [7, 11) is 1.75. The summed E-state index contributed by atoms with van der Waals surface area (Å²) in [5.74, 6) is 0.708. The van der Waals surface area contributed by atoms with Crippen molar-refractivity contribution in [2.45, 2.75) is 19.9 Å². The van der Waals surface area contributed by atoms with E-state index >= 15 is 0 Å². The van der Waals surface area contributed by atoms with Crippen molar-refractivity contribution in [2.75, 3.05) is 18.6 Å². The predicted molar refractivity (Wildman–Crippen MR) is 141 cm³/mol. The van der Waals surface area contributed by atoms with Crippen molar-refractivity contribution in [3.05, 3.63) is 96.2 Å². The van der Waals surface area contributed by atoms with Crippen LogP contribution in [0.2, 0.25) is 0 Å². The molecule has 0 N–H and O–H groups in total. The van der Waals surface area contributed by atoms with Crippen molar-refractivity contribution >= 4 is 23.2 Å². The molecule has 1 atom stereocenters. The lowest BCUT2D eigenvalue weighted by Gasteiger charge is -2.21. The number of rotatable bonds is 8. The van der Waals surface area contributed by atoms with Crippen LogP contribution in [-0.4, -0.2) is 34.6 Å². The smallest absolute Gasteiger partial charge is 0.251 e. The van der Waals surface area contributed by atoms with Crippen LogP contribution < -0.4 is 9.64 Å². The molecule has 0 saturated carbocycles. The number of amides is 1. The molecule has 7 nitrogen and oxygen atoms in total. The molecule has 0 aliphatic carbocycles. The zero-order chi connectivity index (χ0) is 25.5. The van der Waals surface area contributed by atoms with Crippen molar-refractivity contribution < 1.29 is 9.53 Å². The predicted octanol–water partition coefficient (Wildman–Crippen LogP) is 5.63. The number of ether oxygens (including phenoxy) is 1. The van der Waals surface area contributed by atoms with Crippen LogP contribution >= 0.6 is 0 Å². The van der Waals surface area contributed by atoms with E-state index in [9.17, 15) is 10.1 Å². The normalized spacial score (nSPS) is 12.0. The number of para-hydroxylation sites is 1. The summed E-state index contributed by atoms with van der Waals surface area (Å²) in [6.07, 6.45) is 3.61. The van der Waals surface area contributed by atoms with Gasteiger partial charge in [-0.2, -0.15) is 5.26 Å². The van der Waals surface area contributed by atoms with Crippen molar-refractivity contribution in [3.63, 3.8) is 0 Å². The minimum absolute atomic E-state index is 0.0916. The fraction of sp³-hybridized carbons (Fsp3) is 0.172. The molecule has 1 heterocycles. The van der Waals surface area contributed by atoms with Crippen LogP contribution in [0.25, 0.3) is 22.9 Å². The second kappa shape index (κ2) is 11.2. The van der Waals surface area contributed by atoms with Gasteiger partial charge in [-0.1, -0.05) is 59.8 Å². The van der Waals surface area contributed by atoms with Crippen LogP contribution in [0.15, 0.2) is 85.1 Å². The topological polar surface area (TPSA) is 84.0 Å². The molecule has 1 unspecified atom stereocenters. The molecule has 0 fully saturated rings. The summed E-state index contributed by atoms with van der Waals surface area (Å²) < 4.78 is 7.04. The lowest BCUT2D eigenvalue weighted by Crippen LogP contribution is -2.33. The third-order valence-corrected chi connectivity index (χ3v) is 5.85. The average Bonchev–Trinajstić information content (AvgIpc) is 3.42. The first-order valence-corrected chi connectivity index (χ1v) is 11.7. The second-order valence-corrected chi connectivity index (χ2v) is 8.24. The number of anilines is 1. The molecule has 0 aliphatic heterocycles. The number of hydrogen-bond acceptors (Lipinski definition) is 5. The molecule has 36 heavy (non-hydrogen) atoms. The first kappa shape index (κ1) is 24.4. The van der Waals surface area contributed by atoms with Crippen LogP contribution in [0.5, 0.6) is 5.75 Å². The molecular formula is C29H27N5O2. The van der Waals surface area contributed by atoms with E-state index in [4.69, 9.17) is 4.74 Å². The van der Waals surface area contributed by atoms with Gasteiger partial charge in [-0.3, -0.25) is 4.79 Å². The molecule has 3 aromatic carbocycles. The zero-order valence-corrected chi connectivity index (χ0v) is 20.5. The molecule has 0 aliphatic rings. The van der Waals surface area contributed by atoms with E-state index in [1.807, 2.05) is 91.9 Å². The van der Waals surface area contributed by atoms with Crippen LogP contribution in [0.4, 0.5) is 5.69 Å². The maximum atomic E-state index is 12.9. The Morgan fingerprint density at radius 1 is 1.08 bits per heavy atom. The van der Waals surface area contributed by atoms with Gasteiger partial charge in [-0.05, 0) is 55.3 Å². The summed E-state index contributed by atoms with van der Waals surface area (Å²) in [5, 5.41) is 18.1. The van der Waals surface area contributed by atoms with Crippen molar-refractivity contribution in [3.8, 4) is 23.1 Å². The highest BCUT2D eigenvalue weighted by molar-refractivity contribution is 5.95. The summed E-state index contributed by atoms with van der Waals surface area (Å²) in [6, 6.07) is 26.4.